The summed E-state index contributed by atoms with van der Waals surface area (Å²) >= 11 is 3.24. The lowest BCUT2D eigenvalue weighted by atomic mass is 9.96. The van der Waals surface area contributed by atoms with Gasteiger partial charge in [0.25, 0.3) is 0 Å². The van der Waals surface area contributed by atoms with Crippen LogP contribution in [0.25, 0.3) is 0 Å². The highest BCUT2D eigenvalue weighted by molar-refractivity contribution is 9.10. The summed E-state index contributed by atoms with van der Waals surface area (Å²) in [7, 11) is 0. The summed E-state index contributed by atoms with van der Waals surface area (Å²) in [5.41, 5.74) is 5.33. The molecule has 102 valence electrons. The van der Waals surface area contributed by atoms with Crippen molar-refractivity contribution >= 4 is 33.5 Å². The molecule has 1 aliphatic rings. The van der Waals surface area contributed by atoms with Gasteiger partial charge in [0.2, 0.25) is 5.91 Å². The van der Waals surface area contributed by atoms with Gasteiger partial charge in [-0.25, -0.2) is 4.79 Å². The highest BCUT2D eigenvalue weighted by atomic mass is 79.9. The van der Waals surface area contributed by atoms with Crippen molar-refractivity contribution in [2.24, 2.45) is 11.7 Å². The minimum atomic E-state index is -1.10. The van der Waals surface area contributed by atoms with Crippen LogP contribution in [-0.4, -0.2) is 22.5 Å². The minimum Gasteiger partial charge on any atom is -0.478 e. The van der Waals surface area contributed by atoms with E-state index in [0.717, 1.165) is 12.8 Å². The number of aromatic carboxylic acids is 1. The van der Waals surface area contributed by atoms with Crippen LogP contribution < -0.4 is 11.1 Å². The summed E-state index contributed by atoms with van der Waals surface area (Å²) in [4.78, 5) is 23.3. The van der Waals surface area contributed by atoms with E-state index in [1.54, 1.807) is 19.1 Å². The van der Waals surface area contributed by atoms with Crippen LogP contribution in [0.15, 0.2) is 22.7 Å². The van der Waals surface area contributed by atoms with Crippen molar-refractivity contribution in [3.63, 3.8) is 0 Å². The van der Waals surface area contributed by atoms with Crippen LogP contribution >= 0.6 is 15.9 Å². The van der Waals surface area contributed by atoms with Crippen LogP contribution in [0, 0.1) is 5.92 Å². The van der Waals surface area contributed by atoms with E-state index in [1.807, 2.05) is 0 Å². The molecule has 2 rings (SSSR count). The topological polar surface area (TPSA) is 92.4 Å². The van der Waals surface area contributed by atoms with Gasteiger partial charge in [0, 0.05) is 4.47 Å². The molecule has 0 heterocycles. The molecule has 1 aliphatic carbocycles. The third-order valence-electron chi connectivity index (χ3n) is 3.40. The Bertz CT molecular complexity index is 539. The third-order valence-corrected chi connectivity index (χ3v) is 4.06. The maximum Gasteiger partial charge on any atom is 0.337 e. The number of carbonyl (C=O) groups is 2. The van der Waals surface area contributed by atoms with Crippen molar-refractivity contribution < 1.29 is 14.7 Å². The molecule has 4 N–H and O–H groups in total. The van der Waals surface area contributed by atoms with Gasteiger partial charge < -0.3 is 16.2 Å². The van der Waals surface area contributed by atoms with Crippen molar-refractivity contribution in [1.29, 1.82) is 0 Å². The predicted molar refractivity (Wildman–Crippen MR) is 75.0 cm³/mol. The molecule has 1 fully saturated rings. The molecule has 19 heavy (non-hydrogen) atoms. The zero-order valence-corrected chi connectivity index (χ0v) is 12.0. The fraction of sp³-hybridized carbons (Fsp3) is 0.385. The number of carboxylic acid groups (broad SMARTS) is 1. The van der Waals surface area contributed by atoms with Crippen molar-refractivity contribution in [2.45, 2.75) is 25.3 Å². The largest absolute Gasteiger partial charge is 0.478 e. The second-order valence-electron chi connectivity index (χ2n) is 4.98. The number of carboxylic acids is 1. The van der Waals surface area contributed by atoms with E-state index in [1.165, 1.54) is 6.07 Å². The molecule has 5 nitrogen and oxygen atoms in total. The number of benzene rings is 1. The first-order valence-electron chi connectivity index (χ1n) is 5.96. The van der Waals surface area contributed by atoms with Gasteiger partial charge in [-0.3, -0.25) is 4.79 Å². The summed E-state index contributed by atoms with van der Waals surface area (Å²) < 4.78 is 0.521. The average molecular weight is 327 g/mol. The van der Waals surface area contributed by atoms with Gasteiger partial charge >= 0.3 is 5.97 Å². The summed E-state index contributed by atoms with van der Waals surface area (Å²) in [5, 5.41) is 11.8. The van der Waals surface area contributed by atoms with Gasteiger partial charge in [-0.15, -0.1) is 0 Å². The molecule has 1 aromatic rings. The molecular formula is C13H15BrN2O3. The first-order chi connectivity index (χ1) is 8.84. The maximum absolute atomic E-state index is 12.2. The maximum atomic E-state index is 12.2. The Balaban J connectivity index is 2.28. The number of hydrogen-bond acceptors (Lipinski definition) is 3. The van der Waals surface area contributed by atoms with E-state index in [0.29, 0.717) is 4.47 Å². The second-order valence-corrected chi connectivity index (χ2v) is 5.83. The molecule has 6 heteroatoms. The second kappa shape index (κ2) is 4.94. The van der Waals surface area contributed by atoms with Crippen LogP contribution in [0.2, 0.25) is 0 Å². The number of nitrogens with one attached hydrogen (secondary N) is 1. The third kappa shape index (κ3) is 2.79. The van der Waals surface area contributed by atoms with E-state index in [9.17, 15) is 9.59 Å². The minimum absolute atomic E-state index is 0.0364. The fourth-order valence-corrected chi connectivity index (χ4v) is 2.41. The molecule has 1 unspecified atom stereocenters. The average Bonchev–Trinajstić information content (AvgIpc) is 3.15. The molecule has 1 amide bonds. The molecule has 0 bridgehead atoms. The number of halogens is 1. The first kappa shape index (κ1) is 14.0. The van der Waals surface area contributed by atoms with Crippen molar-refractivity contribution in [1.82, 2.24) is 0 Å². The number of para-hydroxylation sites is 1. The Morgan fingerprint density at radius 3 is 2.63 bits per heavy atom. The van der Waals surface area contributed by atoms with Crippen LogP contribution in [0.4, 0.5) is 5.69 Å². The molecule has 0 spiro atoms. The van der Waals surface area contributed by atoms with Crippen molar-refractivity contribution in [3.05, 3.63) is 28.2 Å². The van der Waals surface area contributed by atoms with Crippen molar-refractivity contribution in [2.75, 3.05) is 5.32 Å². The quantitative estimate of drug-likeness (QED) is 0.790. The SMILES string of the molecule is CC(N)(C(=O)Nc1c(Br)cccc1C(=O)O)C1CC1. The van der Waals surface area contributed by atoms with Gasteiger partial charge in [-0.1, -0.05) is 6.07 Å². The zero-order valence-electron chi connectivity index (χ0n) is 10.4. The molecular weight excluding hydrogens is 312 g/mol. The van der Waals surface area contributed by atoms with E-state index in [-0.39, 0.29) is 23.1 Å². The molecule has 1 atom stereocenters. The van der Waals surface area contributed by atoms with Crippen LogP contribution in [-0.2, 0) is 4.79 Å². The predicted octanol–water partition coefficient (Wildman–Crippen LogP) is 2.21. The van der Waals surface area contributed by atoms with E-state index >= 15 is 0 Å². The van der Waals surface area contributed by atoms with Crippen LogP contribution in [0.5, 0.6) is 0 Å². The van der Waals surface area contributed by atoms with Gasteiger partial charge in [-0.05, 0) is 53.7 Å². The van der Waals surface area contributed by atoms with E-state index in [4.69, 9.17) is 10.8 Å². The highest BCUT2D eigenvalue weighted by Crippen LogP contribution is 2.39. The van der Waals surface area contributed by atoms with E-state index < -0.39 is 11.5 Å². The first-order valence-corrected chi connectivity index (χ1v) is 6.75. The number of carbonyl (C=O) groups excluding carboxylic acids is 1. The summed E-state index contributed by atoms with van der Waals surface area (Å²) in [6, 6.07) is 4.71. The Labute approximate surface area is 119 Å². The lowest BCUT2D eigenvalue weighted by Crippen LogP contribution is -2.50. The Morgan fingerprint density at radius 1 is 1.47 bits per heavy atom. The molecule has 1 aromatic carbocycles. The van der Waals surface area contributed by atoms with Gasteiger partial charge in [0.1, 0.15) is 0 Å². The Hall–Kier alpha value is -1.40. The Morgan fingerprint density at radius 2 is 2.11 bits per heavy atom. The highest BCUT2D eigenvalue weighted by Gasteiger charge is 2.44. The summed E-state index contributed by atoms with van der Waals surface area (Å²) in [6.07, 6.45) is 1.87. The van der Waals surface area contributed by atoms with Gasteiger partial charge in [0.05, 0.1) is 16.8 Å². The van der Waals surface area contributed by atoms with Crippen LogP contribution in [0.1, 0.15) is 30.1 Å². The van der Waals surface area contributed by atoms with Gasteiger partial charge in [-0.2, -0.15) is 0 Å². The van der Waals surface area contributed by atoms with E-state index in [2.05, 4.69) is 21.2 Å². The van der Waals surface area contributed by atoms with Crippen molar-refractivity contribution in [3.8, 4) is 0 Å². The fourth-order valence-electron chi connectivity index (χ4n) is 1.95. The lowest BCUT2D eigenvalue weighted by molar-refractivity contribution is -0.121. The lowest BCUT2D eigenvalue weighted by Gasteiger charge is -2.24. The zero-order chi connectivity index (χ0) is 14.2. The molecule has 0 aromatic heterocycles. The smallest absolute Gasteiger partial charge is 0.337 e. The summed E-state index contributed by atoms with van der Waals surface area (Å²) in [6.45, 7) is 1.68. The number of hydrogen-bond donors (Lipinski definition) is 3. The monoisotopic (exact) mass is 326 g/mol. The van der Waals surface area contributed by atoms with Crippen LogP contribution in [0.3, 0.4) is 0 Å². The standard InChI is InChI=1S/C13H15BrN2O3/c1-13(15,7-5-6-7)12(19)16-10-8(11(17)18)3-2-4-9(10)14/h2-4,7H,5-6,15H2,1H3,(H,16,19)(H,17,18). The molecule has 0 radical (unpaired) electrons. The number of nitrogens with two attached hydrogens (primary N) is 1. The number of anilines is 1. The van der Waals surface area contributed by atoms with Gasteiger partial charge in [0.15, 0.2) is 0 Å². The molecule has 1 saturated carbocycles. The normalized spacial score (nSPS) is 17.6. The number of rotatable bonds is 4. The summed E-state index contributed by atoms with van der Waals surface area (Å²) in [5.74, 6) is -1.28. The molecule has 0 aliphatic heterocycles. The Kier molecular flexibility index (Phi) is 3.64. The molecule has 0 saturated heterocycles. The number of amides is 1.